The van der Waals surface area contributed by atoms with Gasteiger partial charge in [-0.1, -0.05) is 29.8 Å². The molecule has 0 bridgehead atoms. The van der Waals surface area contributed by atoms with Crippen molar-refractivity contribution in [3.63, 3.8) is 0 Å². The first-order chi connectivity index (χ1) is 11.1. The Kier molecular flexibility index (Phi) is 4.86. The molecule has 1 amide bonds. The Bertz CT molecular complexity index is 657. The van der Waals surface area contributed by atoms with Crippen molar-refractivity contribution in [2.45, 2.75) is 19.3 Å². The lowest BCUT2D eigenvalue weighted by atomic mass is 10.1. The van der Waals surface area contributed by atoms with Crippen LogP contribution in [0.5, 0.6) is 0 Å². The second-order valence-electron chi connectivity index (χ2n) is 5.80. The fourth-order valence-electron chi connectivity index (χ4n) is 3.10. The van der Waals surface area contributed by atoms with E-state index < -0.39 is 6.09 Å². The van der Waals surface area contributed by atoms with Crippen LogP contribution in [0.4, 0.5) is 4.79 Å². The fourth-order valence-corrected chi connectivity index (χ4v) is 3.33. The van der Waals surface area contributed by atoms with E-state index in [0.29, 0.717) is 19.8 Å². The minimum Gasteiger partial charge on any atom is -0.465 e. The van der Waals surface area contributed by atoms with Gasteiger partial charge >= 0.3 is 6.09 Å². The summed E-state index contributed by atoms with van der Waals surface area (Å²) in [6, 6.07) is 7.89. The SMILES string of the molecule is O=C(O)N1CCC2=C(CC1)N(CCc1ccccc1Cl)CN=C2. The van der Waals surface area contributed by atoms with Crippen LogP contribution in [-0.4, -0.2) is 53.5 Å². The standard InChI is InChI=1S/C17H20ClN3O2/c18-15-4-2-1-3-13(15)5-9-21-12-19-11-14-6-8-20(17(22)23)10-7-16(14)21/h1-4,11H,5-10,12H2,(H,22,23). The fraction of sp³-hybridized carbons (Fsp3) is 0.412. The highest BCUT2D eigenvalue weighted by atomic mass is 35.5. The van der Waals surface area contributed by atoms with E-state index in [0.717, 1.165) is 36.4 Å². The van der Waals surface area contributed by atoms with Gasteiger partial charge in [0.25, 0.3) is 0 Å². The summed E-state index contributed by atoms with van der Waals surface area (Å²) in [6.07, 6.45) is 3.40. The van der Waals surface area contributed by atoms with Gasteiger partial charge in [0.1, 0.15) is 6.67 Å². The number of carboxylic acid groups (broad SMARTS) is 1. The molecule has 2 aliphatic rings. The first-order valence-electron chi connectivity index (χ1n) is 7.83. The highest BCUT2D eigenvalue weighted by molar-refractivity contribution is 6.31. The molecule has 0 atom stereocenters. The van der Waals surface area contributed by atoms with E-state index >= 15 is 0 Å². The average Bonchev–Trinajstić information content (AvgIpc) is 2.77. The van der Waals surface area contributed by atoms with Crippen molar-refractivity contribution in [2.75, 3.05) is 26.3 Å². The summed E-state index contributed by atoms with van der Waals surface area (Å²) >= 11 is 6.23. The number of hydrogen-bond acceptors (Lipinski definition) is 3. The van der Waals surface area contributed by atoms with Gasteiger partial charge in [0.2, 0.25) is 0 Å². The Morgan fingerprint density at radius 3 is 2.83 bits per heavy atom. The largest absolute Gasteiger partial charge is 0.465 e. The van der Waals surface area contributed by atoms with Crippen molar-refractivity contribution in [1.82, 2.24) is 9.80 Å². The summed E-state index contributed by atoms with van der Waals surface area (Å²) in [7, 11) is 0. The van der Waals surface area contributed by atoms with Gasteiger partial charge in [-0.2, -0.15) is 0 Å². The molecule has 0 saturated heterocycles. The number of amides is 1. The minimum atomic E-state index is -0.843. The van der Waals surface area contributed by atoms with Gasteiger partial charge in [0.15, 0.2) is 0 Å². The Balaban J connectivity index is 1.69. The quantitative estimate of drug-likeness (QED) is 0.923. The van der Waals surface area contributed by atoms with Gasteiger partial charge in [-0.3, -0.25) is 4.99 Å². The molecule has 0 radical (unpaired) electrons. The number of carbonyl (C=O) groups is 1. The third-order valence-electron chi connectivity index (χ3n) is 4.40. The predicted molar refractivity (Wildman–Crippen MR) is 91.1 cm³/mol. The zero-order valence-electron chi connectivity index (χ0n) is 12.9. The number of halogens is 1. The number of aliphatic imine (C=N–C) groups is 1. The van der Waals surface area contributed by atoms with Crippen molar-refractivity contribution >= 4 is 23.9 Å². The summed E-state index contributed by atoms with van der Waals surface area (Å²) in [5.74, 6) is 0. The number of rotatable bonds is 3. The van der Waals surface area contributed by atoms with Crippen molar-refractivity contribution in [3.8, 4) is 0 Å². The van der Waals surface area contributed by atoms with Crippen LogP contribution in [0.2, 0.25) is 5.02 Å². The normalized spacial score (nSPS) is 18.0. The molecular weight excluding hydrogens is 314 g/mol. The molecule has 122 valence electrons. The average molecular weight is 334 g/mol. The molecule has 1 aromatic carbocycles. The molecular formula is C17H20ClN3O2. The van der Waals surface area contributed by atoms with Gasteiger partial charge in [-0.15, -0.1) is 0 Å². The van der Waals surface area contributed by atoms with Crippen molar-refractivity contribution in [3.05, 3.63) is 46.1 Å². The van der Waals surface area contributed by atoms with Crippen LogP contribution in [0.1, 0.15) is 18.4 Å². The van der Waals surface area contributed by atoms with Crippen molar-refractivity contribution < 1.29 is 9.90 Å². The van der Waals surface area contributed by atoms with Crippen LogP contribution in [-0.2, 0) is 6.42 Å². The van der Waals surface area contributed by atoms with Gasteiger partial charge in [-0.05, 0) is 30.0 Å². The van der Waals surface area contributed by atoms with Crippen LogP contribution in [0, 0.1) is 0 Å². The van der Waals surface area contributed by atoms with Crippen LogP contribution in [0.3, 0.4) is 0 Å². The number of nitrogens with zero attached hydrogens (tertiary/aromatic N) is 3. The molecule has 0 unspecified atom stereocenters. The van der Waals surface area contributed by atoms with Gasteiger partial charge in [-0.25, -0.2) is 4.79 Å². The van der Waals surface area contributed by atoms with Crippen LogP contribution < -0.4 is 0 Å². The van der Waals surface area contributed by atoms with E-state index in [9.17, 15) is 9.90 Å². The van der Waals surface area contributed by atoms with Crippen molar-refractivity contribution in [1.29, 1.82) is 0 Å². The van der Waals surface area contributed by atoms with E-state index in [2.05, 4.69) is 9.89 Å². The third-order valence-corrected chi connectivity index (χ3v) is 4.77. The van der Waals surface area contributed by atoms with E-state index in [4.69, 9.17) is 11.6 Å². The molecule has 2 aliphatic heterocycles. The molecule has 1 N–H and O–H groups in total. The Hall–Kier alpha value is -2.01. The summed E-state index contributed by atoms with van der Waals surface area (Å²) < 4.78 is 0. The summed E-state index contributed by atoms with van der Waals surface area (Å²) in [6.45, 7) is 2.56. The Labute approximate surface area is 140 Å². The molecule has 5 nitrogen and oxygen atoms in total. The Morgan fingerprint density at radius 1 is 1.26 bits per heavy atom. The van der Waals surface area contributed by atoms with Gasteiger partial charge in [0.05, 0.1) is 0 Å². The zero-order chi connectivity index (χ0) is 16.2. The van der Waals surface area contributed by atoms with Crippen LogP contribution in [0.25, 0.3) is 0 Å². The molecule has 0 aliphatic carbocycles. The molecule has 0 saturated carbocycles. The molecule has 2 heterocycles. The predicted octanol–water partition coefficient (Wildman–Crippen LogP) is 3.25. The van der Waals surface area contributed by atoms with E-state index in [-0.39, 0.29) is 0 Å². The summed E-state index contributed by atoms with van der Waals surface area (Å²) in [4.78, 5) is 19.4. The molecule has 0 fully saturated rings. The van der Waals surface area contributed by atoms with Crippen LogP contribution in [0.15, 0.2) is 40.5 Å². The lowest BCUT2D eigenvalue weighted by Gasteiger charge is -2.30. The highest BCUT2D eigenvalue weighted by Gasteiger charge is 2.23. The minimum absolute atomic E-state index is 0.540. The van der Waals surface area contributed by atoms with Gasteiger partial charge in [0, 0.05) is 43.0 Å². The maximum Gasteiger partial charge on any atom is 0.407 e. The summed E-state index contributed by atoms with van der Waals surface area (Å²) in [5.41, 5.74) is 3.53. The number of hydrogen-bond donors (Lipinski definition) is 1. The monoisotopic (exact) mass is 333 g/mol. The first kappa shape index (κ1) is 15.9. The lowest BCUT2D eigenvalue weighted by Crippen LogP contribution is -2.32. The molecule has 1 aromatic rings. The topological polar surface area (TPSA) is 56.1 Å². The molecule has 0 aromatic heterocycles. The zero-order valence-corrected chi connectivity index (χ0v) is 13.7. The maximum absolute atomic E-state index is 11.2. The van der Waals surface area contributed by atoms with Gasteiger partial charge < -0.3 is 14.9 Å². The van der Waals surface area contributed by atoms with E-state index in [1.54, 1.807) is 0 Å². The Morgan fingerprint density at radius 2 is 2.04 bits per heavy atom. The van der Waals surface area contributed by atoms with E-state index in [1.807, 2.05) is 30.5 Å². The van der Waals surface area contributed by atoms with Crippen molar-refractivity contribution in [2.24, 2.45) is 4.99 Å². The van der Waals surface area contributed by atoms with E-state index in [1.165, 1.54) is 16.2 Å². The smallest absolute Gasteiger partial charge is 0.407 e. The highest BCUT2D eigenvalue weighted by Crippen LogP contribution is 2.25. The third kappa shape index (κ3) is 3.67. The molecule has 3 rings (SSSR count). The molecule has 0 spiro atoms. The second-order valence-corrected chi connectivity index (χ2v) is 6.21. The number of benzene rings is 1. The lowest BCUT2D eigenvalue weighted by molar-refractivity contribution is 0.147. The maximum atomic E-state index is 11.2. The molecule has 6 heteroatoms. The first-order valence-corrected chi connectivity index (χ1v) is 8.21. The summed E-state index contributed by atoms with van der Waals surface area (Å²) in [5, 5.41) is 9.98. The van der Waals surface area contributed by atoms with Crippen LogP contribution >= 0.6 is 11.6 Å². The second kappa shape index (κ2) is 7.04. The molecule has 23 heavy (non-hydrogen) atoms.